The van der Waals surface area contributed by atoms with E-state index in [0.717, 1.165) is 43.5 Å². The molecule has 0 unspecified atom stereocenters. The summed E-state index contributed by atoms with van der Waals surface area (Å²) in [5.74, 6) is 0.143. The fourth-order valence-electron chi connectivity index (χ4n) is 2.37. The highest BCUT2D eigenvalue weighted by Gasteiger charge is 2.23. The molecule has 1 aromatic rings. The molecule has 1 aromatic carbocycles. The van der Waals surface area contributed by atoms with Gasteiger partial charge in [-0.25, -0.2) is 0 Å². The number of fused-ring (bicyclic) bond motifs is 1. The molecule has 1 amide bonds. The zero-order valence-corrected chi connectivity index (χ0v) is 13.9. The number of benzene rings is 1. The fourth-order valence-corrected chi connectivity index (χ4v) is 2.55. The van der Waals surface area contributed by atoms with Gasteiger partial charge in [-0.1, -0.05) is 12.1 Å². The second-order valence-electron chi connectivity index (χ2n) is 5.04. The molecule has 4 nitrogen and oxygen atoms in total. The average Bonchev–Trinajstić information content (AvgIpc) is 2.73. The lowest BCUT2D eigenvalue weighted by Gasteiger charge is -2.05. The van der Waals surface area contributed by atoms with Crippen LogP contribution in [-0.2, 0) is 20.8 Å². The van der Waals surface area contributed by atoms with E-state index >= 15 is 0 Å². The van der Waals surface area contributed by atoms with E-state index in [2.05, 4.69) is 12.1 Å². The van der Waals surface area contributed by atoms with Crippen LogP contribution in [0.2, 0.25) is 0 Å². The summed E-state index contributed by atoms with van der Waals surface area (Å²) in [5.41, 5.74) is 3.26. The van der Waals surface area contributed by atoms with Crippen molar-refractivity contribution >= 4 is 28.9 Å². The summed E-state index contributed by atoms with van der Waals surface area (Å²) >= 11 is 1.87. The zero-order chi connectivity index (χ0) is 14.4. The summed E-state index contributed by atoms with van der Waals surface area (Å²) in [5, 5.41) is 0. The summed E-state index contributed by atoms with van der Waals surface area (Å²) in [6.45, 7) is 2.80. The number of nitrogens with zero attached hydrogens (tertiary/aromatic N) is 1. The van der Waals surface area contributed by atoms with Gasteiger partial charge in [0, 0.05) is 25.8 Å². The van der Waals surface area contributed by atoms with Crippen molar-refractivity contribution < 1.29 is 12.6 Å². The molecule has 1 aliphatic rings. The highest BCUT2D eigenvalue weighted by atomic mass is 127. The quantitative estimate of drug-likeness (QED) is 0.507. The maximum absolute atomic E-state index is 11.9. The predicted octanol–water partition coefficient (Wildman–Crippen LogP) is 2.98. The Balaban J connectivity index is 1.74. The largest absolute Gasteiger partial charge is 0.379 e. The summed E-state index contributed by atoms with van der Waals surface area (Å²) in [6, 6.07) is 6.27. The first-order valence-corrected chi connectivity index (χ1v) is 7.79. The second kappa shape index (κ2) is 7.95. The van der Waals surface area contributed by atoms with Crippen LogP contribution in [0.15, 0.2) is 18.2 Å². The van der Waals surface area contributed by atoms with Crippen LogP contribution in [0.5, 0.6) is 0 Å². The number of halogens is 1. The molecular formula is C15H20INO3. The monoisotopic (exact) mass is 389 g/mol. The van der Waals surface area contributed by atoms with Crippen molar-refractivity contribution in [3.8, 4) is 0 Å². The minimum atomic E-state index is 0.143. The van der Waals surface area contributed by atoms with Gasteiger partial charge in [-0.2, -0.15) is 0 Å². The molecule has 0 atom stereocenters. The van der Waals surface area contributed by atoms with E-state index in [1.54, 1.807) is 4.90 Å². The van der Waals surface area contributed by atoms with Gasteiger partial charge in [-0.3, -0.25) is 4.79 Å². The minimum absolute atomic E-state index is 0.143. The number of aryl methyl sites for hydroxylation is 1. The van der Waals surface area contributed by atoms with Gasteiger partial charge in [0.05, 0.1) is 13.2 Å². The minimum Gasteiger partial charge on any atom is -0.379 e. The molecule has 0 radical (unpaired) electrons. The first kappa shape index (κ1) is 15.7. The van der Waals surface area contributed by atoms with Crippen molar-refractivity contribution in [2.75, 3.05) is 26.9 Å². The molecule has 0 aromatic heterocycles. The van der Waals surface area contributed by atoms with Crippen LogP contribution in [0.1, 0.15) is 34.3 Å². The molecule has 20 heavy (non-hydrogen) atoms. The molecule has 5 heteroatoms. The number of hydrogen-bond donors (Lipinski definition) is 0. The van der Waals surface area contributed by atoms with Gasteiger partial charge >= 0.3 is 0 Å². The fraction of sp³-hybridized carbons (Fsp3) is 0.533. The molecule has 2 rings (SSSR count). The lowest BCUT2D eigenvalue weighted by molar-refractivity contribution is 0.0816. The van der Waals surface area contributed by atoms with Crippen molar-refractivity contribution in [1.29, 1.82) is 0 Å². The Morgan fingerprint density at radius 2 is 2.10 bits per heavy atom. The Hall–Kier alpha value is -0.660. The Morgan fingerprint density at radius 1 is 1.25 bits per heavy atom. The Morgan fingerprint density at radius 3 is 2.90 bits per heavy atom. The van der Waals surface area contributed by atoms with Crippen LogP contribution in [0, 0.1) is 0 Å². The van der Waals surface area contributed by atoms with Crippen LogP contribution >= 0.6 is 23.0 Å². The van der Waals surface area contributed by atoms with Crippen LogP contribution < -0.4 is 0 Å². The molecule has 1 aliphatic heterocycles. The topological polar surface area (TPSA) is 38.8 Å². The van der Waals surface area contributed by atoms with E-state index in [9.17, 15) is 4.79 Å². The third kappa shape index (κ3) is 4.17. The number of amides is 1. The average molecular weight is 389 g/mol. The van der Waals surface area contributed by atoms with Crippen molar-refractivity contribution in [3.63, 3.8) is 0 Å². The smallest absolute Gasteiger partial charge is 0.254 e. The third-order valence-corrected chi connectivity index (χ3v) is 3.91. The van der Waals surface area contributed by atoms with Gasteiger partial charge in [0.25, 0.3) is 5.91 Å². The van der Waals surface area contributed by atoms with Gasteiger partial charge in [-0.15, -0.1) is 0 Å². The highest BCUT2D eigenvalue weighted by molar-refractivity contribution is 14.1. The number of ether oxygens (including phenoxy) is 1. The normalized spacial score (nSPS) is 13.9. The first-order chi connectivity index (χ1) is 9.72. The van der Waals surface area contributed by atoms with Crippen LogP contribution in [0.3, 0.4) is 0 Å². The molecule has 0 spiro atoms. The molecule has 0 saturated heterocycles. The molecule has 0 fully saturated rings. The van der Waals surface area contributed by atoms with Crippen molar-refractivity contribution in [1.82, 2.24) is 4.90 Å². The molecule has 0 saturated carbocycles. The molecule has 0 bridgehead atoms. The lowest BCUT2D eigenvalue weighted by atomic mass is 10.0. The standard InChI is InChI=1S/C15H20INO3/c1-17-11-13-6-5-12(10-14(13)15(17)18)4-2-3-7-19-8-9-20-16/h5-6,10H,2-4,7-9,11H2,1H3. The lowest BCUT2D eigenvalue weighted by Crippen LogP contribution is -2.17. The highest BCUT2D eigenvalue weighted by Crippen LogP contribution is 2.23. The van der Waals surface area contributed by atoms with Crippen LogP contribution in [0.25, 0.3) is 0 Å². The summed E-state index contributed by atoms with van der Waals surface area (Å²) in [4.78, 5) is 13.7. The molecule has 0 aliphatic carbocycles. The summed E-state index contributed by atoms with van der Waals surface area (Å²) in [7, 11) is 1.85. The van der Waals surface area contributed by atoms with E-state index in [1.807, 2.05) is 36.1 Å². The maximum Gasteiger partial charge on any atom is 0.254 e. The van der Waals surface area contributed by atoms with E-state index in [1.165, 1.54) is 5.56 Å². The Kier molecular flexibility index (Phi) is 6.25. The van der Waals surface area contributed by atoms with Crippen LogP contribution in [0.4, 0.5) is 0 Å². The van der Waals surface area contributed by atoms with E-state index in [4.69, 9.17) is 7.80 Å². The first-order valence-electron chi connectivity index (χ1n) is 6.91. The Bertz CT molecular complexity index is 464. The summed E-state index contributed by atoms with van der Waals surface area (Å²) < 4.78 is 10.3. The third-order valence-electron chi connectivity index (χ3n) is 3.47. The van der Waals surface area contributed by atoms with E-state index in [-0.39, 0.29) is 5.91 Å². The van der Waals surface area contributed by atoms with Gasteiger partial charge in [0.1, 0.15) is 23.0 Å². The molecular weight excluding hydrogens is 369 g/mol. The van der Waals surface area contributed by atoms with E-state index < -0.39 is 0 Å². The van der Waals surface area contributed by atoms with Gasteiger partial charge in [0.2, 0.25) is 0 Å². The van der Waals surface area contributed by atoms with Crippen LogP contribution in [-0.4, -0.2) is 37.7 Å². The van der Waals surface area contributed by atoms with Gasteiger partial charge in [0.15, 0.2) is 0 Å². The number of carbonyl (C=O) groups is 1. The predicted molar refractivity (Wildman–Crippen MR) is 86.0 cm³/mol. The second-order valence-corrected chi connectivity index (χ2v) is 5.66. The number of rotatable bonds is 8. The van der Waals surface area contributed by atoms with Gasteiger partial charge < -0.3 is 12.7 Å². The summed E-state index contributed by atoms with van der Waals surface area (Å²) in [6.07, 6.45) is 3.11. The SMILES string of the molecule is CN1Cc2ccc(CCCCOCCOI)cc2C1=O. The van der Waals surface area contributed by atoms with E-state index in [0.29, 0.717) is 13.2 Å². The molecule has 0 N–H and O–H groups in total. The molecule has 110 valence electrons. The van der Waals surface area contributed by atoms with Crippen molar-refractivity contribution in [2.24, 2.45) is 0 Å². The number of unbranched alkanes of at least 4 members (excludes halogenated alkanes) is 1. The number of hydrogen-bond acceptors (Lipinski definition) is 3. The Labute approximate surface area is 134 Å². The maximum atomic E-state index is 11.9. The zero-order valence-electron chi connectivity index (χ0n) is 11.7. The molecule has 1 heterocycles. The number of carbonyl (C=O) groups excluding carboxylic acids is 1. The van der Waals surface area contributed by atoms with Crippen molar-refractivity contribution in [2.45, 2.75) is 25.8 Å². The van der Waals surface area contributed by atoms with Crippen molar-refractivity contribution in [3.05, 3.63) is 34.9 Å². The van der Waals surface area contributed by atoms with Gasteiger partial charge in [-0.05, 0) is 36.5 Å².